The lowest BCUT2D eigenvalue weighted by Crippen LogP contribution is -2.43. The number of methoxy groups -OCH3 is 1. The summed E-state index contributed by atoms with van der Waals surface area (Å²) in [6.07, 6.45) is 1.14. The third-order valence-electron chi connectivity index (χ3n) is 6.74. The van der Waals surface area contributed by atoms with Crippen molar-refractivity contribution in [2.24, 2.45) is 0 Å². The molecule has 3 atom stereocenters. The highest BCUT2D eigenvalue weighted by Crippen LogP contribution is 2.53. The first-order valence-corrected chi connectivity index (χ1v) is 12.5. The lowest BCUT2D eigenvalue weighted by atomic mass is 9.68. The molecular formula is C30H37NO4. The smallest absolute Gasteiger partial charge is 0.197 e. The first kappa shape index (κ1) is 25.1. The Balaban J connectivity index is 0.000000656. The number of benzene rings is 3. The molecule has 5 heteroatoms. The first-order valence-electron chi connectivity index (χ1n) is 12.5. The minimum absolute atomic E-state index is 0.0946. The Morgan fingerprint density at radius 2 is 1.60 bits per heavy atom. The van der Waals surface area contributed by atoms with E-state index >= 15 is 0 Å². The molecule has 0 spiro atoms. The number of hydrogen-bond donors (Lipinski definition) is 2. The average molecular weight is 476 g/mol. The number of ether oxygens (including phenoxy) is 3. The first-order chi connectivity index (χ1) is 16.9. The molecule has 0 aliphatic carbocycles. The van der Waals surface area contributed by atoms with Crippen molar-refractivity contribution in [2.75, 3.05) is 20.2 Å². The van der Waals surface area contributed by atoms with E-state index in [4.69, 9.17) is 14.2 Å². The summed E-state index contributed by atoms with van der Waals surface area (Å²) in [6.45, 7) is 8.68. The van der Waals surface area contributed by atoms with Crippen LogP contribution in [0, 0.1) is 0 Å². The number of rotatable bonds is 6. The fourth-order valence-corrected chi connectivity index (χ4v) is 4.71. The molecule has 3 aromatic carbocycles. The summed E-state index contributed by atoms with van der Waals surface area (Å²) in [7, 11) is 1.67. The molecule has 0 bridgehead atoms. The Hall–Kier alpha value is -3.02. The van der Waals surface area contributed by atoms with Crippen LogP contribution in [0.5, 0.6) is 17.2 Å². The highest BCUT2D eigenvalue weighted by Gasteiger charge is 2.45. The third kappa shape index (κ3) is 5.80. The topological polar surface area (TPSA) is 60.0 Å². The van der Waals surface area contributed by atoms with E-state index in [1.54, 1.807) is 7.11 Å². The zero-order valence-electron chi connectivity index (χ0n) is 21.2. The van der Waals surface area contributed by atoms with Gasteiger partial charge >= 0.3 is 0 Å². The van der Waals surface area contributed by atoms with Gasteiger partial charge in [0.1, 0.15) is 22.8 Å². The van der Waals surface area contributed by atoms with Gasteiger partial charge in [0.15, 0.2) is 6.29 Å². The van der Waals surface area contributed by atoms with Gasteiger partial charge in [-0.25, -0.2) is 0 Å². The molecule has 5 nitrogen and oxygen atoms in total. The normalized spacial score (nSPS) is 20.7. The van der Waals surface area contributed by atoms with E-state index in [0.717, 1.165) is 17.1 Å². The molecule has 0 radical (unpaired) electrons. The zero-order valence-corrected chi connectivity index (χ0v) is 21.2. The van der Waals surface area contributed by atoms with Crippen molar-refractivity contribution in [3.63, 3.8) is 0 Å². The number of fused-ring (bicyclic) bond motifs is 1. The van der Waals surface area contributed by atoms with Gasteiger partial charge < -0.3 is 24.6 Å². The van der Waals surface area contributed by atoms with E-state index in [2.05, 4.69) is 61.6 Å². The van der Waals surface area contributed by atoms with E-state index < -0.39 is 11.9 Å². The second kappa shape index (κ2) is 11.1. The van der Waals surface area contributed by atoms with Gasteiger partial charge in [0.25, 0.3) is 0 Å². The van der Waals surface area contributed by atoms with Gasteiger partial charge in [-0.2, -0.15) is 0 Å². The van der Waals surface area contributed by atoms with Crippen molar-refractivity contribution in [3.05, 3.63) is 89.5 Å². The molecule has 2 aliphatic rings. The molecule has 0 saturated carbocycles. The zero-order chi connectivity index (χ0) is 24.8. The van der Waals surface area contributed by atoms with Crippen LogP contribution in [0.25, 0.3) is 0 Å². The maximum Gasteiger partial charge on any atom is 0.197 e. The molecule has 1 fully saturated rings. The Bertz CT molecular complexity index is 1070. The monoisotopic (exact) mass is 475 g/mol. The lowest BCUT2D eigenvalue weighted by molar-refractivity contribution is -0.0191. The molecule has 0 amide bonds. The van der Waals surface area contributed by atoms with Gasteiger partial charge in [0, 0.05) is 29.9 Å². The number of aliphatic hydroxyl groups is 1. The van der Waals surface area contributed by atoms with E-state index in [1.807, 2.05) is 37.3 Å². The van der Waals surface area contributed by atoms with E-state index in [1.165, 1.54) is 30.6 Å². The largest absolute Gasteiger partial charge is 0.497 e. The summed E-state index contributed by atoms with van der Waals surface area (Å²) in [6, 6.07) is 24.7. The van der Waals surface area contributed by atoms with Crippen molar-refractivity contribution in [2.45, 2.75) is 57.3 Å². The minimum Gasteiger partial charge on any atom is -0.497 e. The number of aliphatic hydroxyl groups excluding tert-OH is 1. The van der Waals surface area contributed by atoms with Crippen LogP contribution in [0.3, 0.4) is 0 Å². The van der Waals surface area contributed by atoms with Crippen LogP contribution in [-0.2, 0) is 0 Å². The van der Waals surface area contributed by atoms with Crippen LogP contribution in [0.4, 0.5) is 0 Å². The summed E-state index contributed by atoms with van der Waals surface area (Å²) in [5, 5.41) is 12.9. The SMILES string of the molecule is C1CNC1.CCC(O)Oc1ccc([C@@H]2c3ccc(OC)cc3OC(C)(C)[C@H]2c2ccccc2)cc1. The summed E-state index contributed by atoms with van der Waals surface area (Å²) in [5.41, 5.74) is 3.12. The Morgan fingerprint density at radius 1 is 0.971 bits per heavy atom. The van der Waals surface area contributed by atoms with Crippen LogP contribution in [0.2, 0.25) is 0 Å². The van der Waals surface area contributed by atoms with Crippen molar-refractivity contribution < 1.29 is 19.3 Å². The summed E-state index contributed by atoms with van der Waals surface area (Å²) >= 11 is 0. The molecule has 2 aliphatic heterocycles. The molecule has 5 rings (SSSR count). The highest BCUT2D eigenvalue weighted by molar-refractivity contribution is 5.52. The highest BCUT2D eigenvalue weighted by atomic mass is 16.6. The van der Waals surface area contributed by atoms with E-state index in [0.29, 0.717) is 12.2 Å². The average Bonchev–Trinajstić information content (AvgIpc) is 2.82. The lowest BCUT2D eigenvalue weighted by Gasteiger charge is -2.45. The predicted molar refractivity (Wildman–Crippen MR) is 140 cm³/mol. The van der Waals surface area contributed by atoms with Crippen molar-refractivity contribution in [1.29, 1.82) is 0 Å². The maximum atomic E-state index is 9.82. The van der Waals surface area contributed by atoms with Crippen molar-refractivity contribution in [1.82, 2.24) is 5.32 Å². The molecule has 186 valence electrons. The molecule has 0 aromatic heterocycles. The van der Waals surface area contributed by atoms with E-state index in [-0.39, 0.29) is 11.8 Å². The van der Waals surface area contributed by atoms with Gasteiger partial charge in [0.2, 0.25) is 0 Å². The quantitative estimate of drug-likeness (QED) is 0.437. The van der Waals surface area contributed by atoms with Gasteiger partial charge in [0.05, 0.1) is 7.11 Å². The van der Waals surface area contributed by atoms with Crippen LogP contribution in [-0.4, -0.2) is 37.2 Å². The Kier molecular flexibility index (Phi) is 7.99. The molecule has 1 saturated heterocycles. The Labute approximate surface area is 209 Å². The van der Waals surface area contributed by atoms with Gasteiger partial charge in [-0.1, -0.05) is 55.5 Å². The maximum absolute atomic E-state index is 9.82. The van der Waals surface area contributed by atoms with Crippen LogP contribution in [0.15, 0.2) is 72.8 Å². The fourth-order valence-electron chi connectivity index (χ4n) is 4.71. The summed E-state index contributed by atoms with van der Waals surface area (Å²) in [4.78, 5) is 0. The van der Waals surface area contributed by atoms with E-state index in [9.17, 15) is 5.11 Å². The van der Waals surface area contributed by atoms with Crippen LogP contribution in [0.1, 0.15) is 62.1 Å². The second-order valence-corrected chi connectivity index (χ2v) is 9.63. The fraction of sp³-hybridized carbons (Fsp3) is 0.400. The number of nitrogens with one attached hydrogen (secondary N) is 1. The van der Waals surface area contributed by atoms with Gasteiger partial charge in [-0.3, -0.25) is 0 Å². The molecule has 2 heterocycles. The minimum atomic E-state index is -0.793. The summed E-state index contributed by atoms with van der Waals surface area (Å²) in [5.74, 6) is 2.50. The van der Waals surface area contributed by atoms with Gasteiger partial charge in [-0.15, -0.1) is 0 Å². The number of hydrogen-bond acceptors (Lipinski definition) is 5. The molecule has 2 N–H and O–H groups in total. The molecule has 35 heavy (non-hydrogen) atoms. The van der Waals surface area contributed by atoms with Crippen LogP contribution >= 0.6 is 0 Å². The predicted octanol–water partition coefficient (Wildman–Crippen LogP) is 5.87. The summed E-state index contributed by atoms with van der Waals surface area (Å²) < 4.78 is 17.5. The van der Waals surface area contributed by atoms with Crippen molar-refractivity contribution in [3.8, 4) is 17.2 Å². The van der Waals surface area contributed by atoms with Crippen molar-refractivity contribution >= 4 is 0 Å². The standard InChI is InChI=1S/C27H30O4.C3H7N/c1-5-24(28)30-20-13-11-18(12-14-20)25-22-16-15-21(29-4)17-23(22)31-27(2,3)26(25)19-9-7-6-8-10-19;1-2-4-3-1/h6-17,24-26,28H,5H2,1-4H3;4H,1-3H2/t24?,25-,26+;/m1./s1. The second-order valence-electron chi connectivity index (χ2n) is 9.63. The molecule has 1 unspecified atom stereocenters. The third-order valence-corrected chi connectivity index (χ3v) is 6.74. The Morgan fingerprint density at radius 3 is 2.17 bits per heavy atom. The molecule has 3 aromatic rings. The van der Waals surface area contributed by atoms with Crippen LogP contribution < -0.4 is 19.5 Å². The molecular weight excluding hydrogens is 438 g/mol. The van der Waals surface area contributed by atoms with Gasteiger partial charge in [-0.05, 0) is 62.7 Å².